The van der Waals surface area contributed by atoms with Crippen LogP contribution in [-0.2, 0) is 9.59 Å². The third kappa shape index (κ3) is 7.26. The first kappa shape index (κ1) is 20.7. The number of hydrogen-bond acceptors (Lipinski definition) is 3. The number of carbonyl (C=O) groups excluding carboxylic acids is 3. The highest BCUT2D eigenvalue weighted by Gasteiger charge is 2.16. The van der Waals surface area contributed by atoms with Gasteiger partial charge in [-0.3, -0.25) is 14.9 Å². The SMILES string of the molecule is C[NH+](CC(=O)NC(=O)Nc1ccccc1)CC(=O)Nc1ccc(Cl)c(Cl)c1. The summed E-state index contributed by atoms with van der Waals surface area (Å²) < 4.78 is 0. The first-order valence-electron chi connectivity index (χ1n) is 8.05. The second-order valence-electron chi connectivity index (χ2n) is 5.86. The second kappa shape index (κ2) is 9.91. The molecule has 2 rings (SSSR count). The Morgan fingerprint density at radius 2 is 1.52 bits per heavy atom. The number of amides is 4. The van der Waals surface area contributed by atoms with Crippen LogP contribution in [-0.4, -0.2) is 38.0 Å². The van der Waals surface area contributed by atoms with Gasteiger partial charge in [-0.15, -0.1) is 0 Å². The molecule has 27 heavy (non-hydrogen) atoms. The third-order valence-corrected chi connectivity index (χ3v) is 4.15. The van der Waals surface area contributed by atoms with Crippen molar-refractivity contribution >= 4 is 52.4 Å². The van der Waals surface area contributed by atoms with E-state index in [0.29, 0.717) is 26.3 Å². The number of imide groups is 1. The van der Waals surface area contributed by atoms with Crippen molar-refractivity contribution in [2.45, 2.75) is 0 Å². The van der Waals surface area contributed by atoms with Gasteiger partial charge in [-0.05, 0) is 30.3 Å². The van der Waals surface area contributed by atoms with Crippen LogP contribution in [0.5, 0.6) is 0 Å². The highest BCUT2D eigenvalue weighted by Crippen LogP contribution is 2.24. The topological polar surface area (TPSA) is 91.7 Å². The predicted octanol–water partition coefficient (Wildman–Crippen LogP) is 1.79. The minimum atomic E-state index is -0.626. The van der Waals surface area contributed by atoms with Crippen molar-refractivity contribution in [1.82, 2.24) is 5.32 Å². The maximum atomic E-state index is 12.0. The first-order chi connectivity index (χ1) is 12.8. The van der Waals surface area contributed by atoms with Crippen molar-refractivity contribution in [3.05, 3.63) is 58.6 Å². The maximum absolute atomic E-state index is 12.0. The Kier molecular flexibility index (Phi) is 7.60. The fraction of sp³-hybridized carbons (Fsp3) is 0.167. The molecule has 4 N–H and O–H groups in total. The van der Waals surface area contributed by atoms with Gasteiger partial charge in [0.15, 0.2) is 13.1 Å². The highest BCUT2D eigenvalue weighted by atomic mass is 35.5. The fourth-order valence-electron chi connectivity index (χ4n) is 2.24. The zero-order valence-corrected chi connectivity index (χ0v) is 16.0. The van der Waals surface area contributed by atoms with Crippen LogP contribution in [0.25, 0.3) is 0 Å². The Labute approximate surface area is 166 Å². The summed E-state index contributed by atoms with van der Waals surface area (Å²) in [5.74, 6) is -0.796. The fourth-order valence-corrected chi connectivity index (χ4v) is 2.54. The molecule has 1 atom stereocenters. The number of carbonyl (C=O) groups is 3. The van der Waals surface area contributed by atoms with E-state index < -0.39 is 11.9 Å². The molecule has 0 aliphatic rings. The molecule has 0 heterocycles. The van der Waals surface area contributed by atoms with Crippen molar-refractivity contribution in [2.75, 3.05) is 30.8 Å². The summed E-state index contributed by atoms with van der Waals surface area (Å²) in [6.07, 6.45) is 0. The molecule has 0 aliphatic carbocycles. The normalized spacial score (nSPS) is 11.4. The Morgan fingerprint density at radius 1 is 0.852 bits per heavy atom. The lowest BCUT2D eigenvalue weighted by molar-refractivity contribution is -0.862. The van der Waals surface area contributed by atoms with Crippen LogP contribution in [0, 0.1) is 0 Å². The van der Waals surface area contributed by atoms with Crippen molar-refractivity contribution in [2.24, 2.45) is 0 Å². The number of halogens is 2. The zero-order chi connectivity index (χ0) is 19.8. The minimum absolute atomic E-state index is 0.0357. The van der Waals surface area contributed by atoms with Gasteiger partial charge in [0.05, 0.1) is 17.1 Å². The molecule has 142 valence electrons. The van der Waals surface area contributed by atoms with Crippen LogP contribution in [0.15, 0.2) is 48.5 Å². The first-order valence-corrected chi connectivity index (χ1v) is 8.81. The summed E-state index contributed by atoms with van der Waals surface area (Å²) in [5.41, 5.74) is 1.08. The predicted molar refractivity (Wildman–Crippen MR) is 105 cm³/mol. The van der Waals surface area contributed by atoms with Crippen molar-refractivity contribution in [3.63, 3.8) is 0 Å². The third-order valence-electron chi connectivity index (χ3n) is 3.41. The van der Waals surface area contributed by atoms with Gasteiger partial charge < -0.3 is 15.5 Å². The van der Waals surface area contributed by atoms with Gasteiger partial charge in [0.25, 0.3) is 11.8 Å². The summed E-state index contributed by atoms with van der Waals surface area (Å²) in [4.78, 5) is 36.3. The van der Waals surface area contributed by atoms with Crippen LogP contribution in [0.4, 0.5) is 16.2 Å². The van der Waals surface area contributed by atoms with Crippen molar-refractivity contribution in [1.29, 1.82) is 0 Å². The number of hydrogen-bond donors (Lipinski definition) is 4. The molecule has 0 aromatic heterocycles. The Hall–Kier alpha value is -2.61. The molecular formula is C18H19Cl2N4O3+. The lowest BCUT2D eigenvalue weighted by Crippen LogP contribution is -3.11. The summed E-state index contributed by atoms with van der Waals surface area (Å²) in [7, 11) is 1.67. The summed E-state index contributed by atoms with van der Waals surface area (Å²) >= 11 is 11.7. The molecule has 0 fully saturated rings. The van der Waals surface area contributed by atoms with Crippen molar-refractivity contribution < 1.29 is 19.3 Å². The molecular weight excluding hydrogens is 391 g/mol. The smallest absolute Gasteiger partial charge is 0.322 e. The van der Waals surface area contributed by atoms with Gasteiger partial charge in [0, 0.05) is 11.4 Å². The molecule has 2 aromatic carbocycles. The number of benzene rings is 2. The van der Waals surface area contributed by atoms with Crippen LogP contribution >= 0.6 is 23.2 Å². The van der Waals surface area contributed by atoms with Gasteiger partial charge in [-0.1, -0.05) is 41.4 Å². The second-order valence-corrected chi connectivity index (χ2v) is 6.67. The van der Waals surface area contributed by atoms with E-state index in [4.69, 9.17) is 23.2 Å². The summed E-state index contributed by atoms with van der Waals surface area (Å²) in [6, 6.07) is 12.9. The Balaban J connectivity index is 1.75. The van der Waals surface area contributed by atoms with E-state index in [1.807, 2.05) is 6.07 Å². The molecule has 7 nitrogen and oxygen atoms in total. The minimum Gasteiger partial charge on any atom is -0.322 e. The molecule has 9 heteroatoms. The quantitative estimate of drug-likeness (QED) is 0.585. The Morgan fingerprint density at radius 3 is 2.19 bits per heavy atom. The van der Waals surface area contributed by atoms with Gasteiger partial charge in [0.1, 0.15) is 0 Å². The van der Waals surface area contributed by atoms with Crippen LogP contribution in [0.3, 0.4) is 0 Å². The van der Waals surface area contributed by atoms with E-state index in [1.165, 1.54) is 6.07 Å². The highest BCUT2D eigenvalue weighted by molar-refractivity contribution is 6.42. The van der Waals surface area contributed by atoms with E-state index in [9.17, 15) is 14.4 Å². The molecule has 2 aromatic rings. The van der Waals surface area contributed by atoms with E-state index >= 15 is 0 Å². The van der Waals surface area contributed by atoms with E-state index in [-0.39, 0.29) is 19.0 Å². The largest absolute Gasteiger partial charge is 0.326 e. The van der Waals surface area contributed by atoms with E-state index in [1.54, 1.807) is 43.4 Å². The molecule has 0 spiro atoms. The number of likely N-dealkylation sites (N-methyl/N-ethyl adjacent to an activating group) is 1. The monoisotopic (exact) mass is 409 g/mol. The van der Waals surface area contributed by atoms with Gasteiger partial charge in [-0.2, -0.15) is 0 Å². The van der Waals surface area contributed by atoms with Crippen LogP contribution in [0.1, 0.15) is 0 Å². The average molecular weight is 410 g/mol. The zero-order valence-electron chi connectivity index (χ0n) is 14.5. The number of urea groups is 1. The number of nitrogens with one attached hydrogen (secondary N) is 4. The van der Waals surface area contributed by atoms with E-state index in [2.05, 4.69) is 16.0 Å². The number of rotatable bonds is 6. The number of para-hydroxylation sites is 1. The molecule has 4 amide bonds. The van der Waals surface area contributed by atoms with E-state index in [0.717, 1.165) is 0 Å². The number of quaternary nitrogens is 1. The molecule has 0 aliphatic heterocycles. The lowest BCUT2D eigenvalue weighted by atomic mass is 10.3. The van der Waals surface area contributed by atoms with Crippen LogP contribution < -0.4 is 20.9 Å². The maximum Gasteiger partial charge on any atom is 0.326 e. The van der Waals surface area contributed by atoms with Gasteiger partial charge >= 0.3 is 6.03 Å². The van der Waals surface area contributed by atoms with Crippen LogP contribution in [0.2, 0.25) is 10.0 Å². The Bertz CT molecular complexity index is 831. The number of anilines is 2. The molecule has 0 saturated carbocycles. The van der Waals surface area contributed by atoms with Gasteiger partial charge in [-0.25, -0.2) is 4.79 Å². The standard InChI is InChI=1S/C18H18Cl2N4O3/c1-24(10-16(25)21-13-7-8-14(19)15(20)9-13)11-17(26)23-18(27)22-12-5-3-2-4-6-12/h2-9H,10-11H2,1H3,(H,21,25)(H2,22,23,26,27)/p+1. The lowest BCUT2D eigenvalue weighted by Gasteiger charge is -2.14. The molecule has 0 bridgehead atoms. The average Bonchev–Trinajstić information content (AvgIpc) is 2.58. The summed E-state index contributed by atoms with van der Waals surface area (Å²) in [5, 5.41) is 8.17. The van der Waals surface area contributed by atoms with Crippen molar-refractivity contribution in [3.8, 4) is 0 Å². The molecule has 0 saturated heterocycles. The molecule has 1 unspecified atom stereocenters. The van der Waals surface area contributed by atoms with Gasteiger partial charge in [0.2, 0.25) is 0 Å². The molecule has 0 radical (unpaired) electrons. The summed E-state index contributed by atoms with van der Waals surface area (Å²) in [6.45, 7) is -0.00895.